The maximum Gasteiger partial charge on any atom is 0.416 e. The zero-order chi connectivity index (χ0) is 35.7. The van der Waals surface area contributed by atoms with E-state index < -0.39 is 65.1 Å². The van der Waals surface area contributed by atoms with Crippen LogP contribution in [-0.4, -0.2) is 51.9 Å². The van der Waals surface area contributed by atoms with E-state index in [-0.39, 0.29) is 50.6 Å². The number of benzene rings is 3. The number of amides is 3. The smallest absolute Gasteiger partial charge is 0.416 e. The van der Waals surface area contributed by atoms with E-state index in [4.69, 9.17) is 4.74 Å². The summed E-state index contributed by atoms with van der Waals surface area (Å²) in [5.41, 5.74) is -2.23. The Morgan fingerprint density at radius 3 is 2.24 bits per heavy atom. The second kappa shape index (κ2) is 13.9. The van der Waals surface area contributed by atoms with Crippen molar-refractivity contribution >= 4 is 12.1 Å². The van der Waals surface area contributed by atoms with Crippen LogP contribution in [0.4, 0.5) is 40.3 Å². The minimum absolute atomic E-state index is 0.0253. The molecule has 3 aromatic rings. The molecule has 2 N–H and O–H groups in total. The summed E-state index contributed by atoms with van der Waals surface area (Å²) in [5.74, 6) is -1.44. The third-order valence-corrected chi connectivity index (χ3v) is 9.44. The molecule has 14 heteroatoms. The SMILES string of the molecule is Cc1cc(F)ccc1[C@H]1C[C@]2(CCC(O)N2C(=O)OCc2ccccc2)CCN1C(=O)NC[C@H](C)c1cc(C(F)(F)F)cc(C(F)(F)F)c1. The van der Waals surface area contributed by atoms with Crippen molar-refractivity contribution in [3.8, 4) is 0 Å². The molecule has 264 valence electrons. The molecular formula is C35H36F7N3O4. The van der Waals surface area contributed by atoms with E-state index in [0.29, 0.717) is 29.7 Å². The van der Waals surface area contributed by atoms with Crippen LogP contribution < -0.4 is 5.32 Å². The third kappa shape index (κ3) is 7.95. The fourth-order valence-corrected chi connectivity index (χ4v) is 6.83. The molecule has 0 aromatic heterocycles. The Morgan fingerprint density at radius 1 is 0.980 bits per heavy atom. The highest BCUT2D eigenvalue weighted by atomic mass is 19.4. The largest absolute Gasteiger partial charge is 0.444 e. The van der Waals surface area contributed by atoms with Crippen LogP contribution in [0.5, 0.6) is 0 Å². The van der Waals surface area contributed by atoms with Crippen LogP contribution in [0.2, 0.25) is 0 Å². The van der Waals surface area contributed by atoms with Crippen LogP contribution in [0.1, 0.15) is 77.9 Å². The second-order valence-electron chi connectivity index (χ2n) is 12.7. The van der Waals surface area contributed by atoms with Crippen LogP contribution in [0.3, 0.4) is 0 Å². The Morgan fingerprint density at radius 2 is 1.63 bits per heavy atom. The Bertz CT molecular complexity index is 1630. The van der Waals surface area contributed by atoms with Gasteiger partial charge < -0.3 is 20.1 Å². The first kappa shape index (κ1) is 36.0. The van der Waals surface area contributed by atoms with Crippen LogP contribution in [0.15, 0.2) is 66.7 Å². The van der Waals surface area contributed by atoms with E-state index in [9.17, 15) is 45.4 Å². The lowest BCUT2D eigenvalue weighted by molar-refractivity contribution is -0.143. The van der Waals surface area contributed by atoms with Crippen LogP contribution in [0, 0.1) is 12.7 Å². The number of carbonyl (C=O) groups excluding carboxylic acids is 2. The molecule has 1 unspecified atom stereocenters. The van der Waals surface area contributed by atoms with E-state index in [1.54, 1.807) is 31.2 Å². The van der Waals surface area contributed by atoms with Gasteiger partial charge in [-0.2, -0.15) is 26.3 Å². The number of ether oxygens (including phenoxy) is 1. The molecule has 2 fully saturated rings. The molecule has 0 radical (unpaired) electrons. The molecule has 4 atom stereocenters. The average molecular weight is 696 g/mol. The van der Waals surface area contributed by atoms with Crippen molar-refractivity contribution in [2.24, 2.45) is 0 Å². The van der Waals surface area contributed by atoms with Gasteiger partial charge in [0.05, 0.1) is 22.7 Å². The zero-order valence-electron chi connectivity index (χ0n) is 26.7. The summed E-state index contributed by atoms with van der Waals surface area (Å²) in [4.78, 5) is 29.9. The number of likely N-dealkylation sites (tertiary alicyclic amines) is 2. The highest BCUT2D eigenvalue weighted by Gasteiger charge is 2.54. The van der Waals surface area contributed by atoms with Crippen molar-refractivity contribution in [3.05, 3.63) is 106 Å². The highest BCUT2D eigenvalue weighted by molar-refractivity contribution is 5.75. The van der Waals surface area contributed by atoms with Crippen LogP contribution in [0.25, 0.3) is 0 Å². The molecule has 2 saturated heterocycles. The van der Waals surface area contributed by atoms with Crippen molar-refractivity contribution in [1.82, 2.24) is 15.1 Å². The van der Waals surface area contributed by atoms with E-state index in [0.717, 1.165) is 5.56 Å². The average Bonchev–Trinajstić information content (AvgIpc) is 3.36. The number of hydrogen-bond donors (Lipinski definition) is 2. The monoisotopic (exact) mass is 695 g/mol. The number of halogens is 7. The number of hydrogen-bond acceptors (Lipinski definition) is 4. The summed E-state index contributed by atoms with van der Waals surface area (Å²) in [5, 5.41) is 13.6. The minimum atomic E-state index is -5.02. The predicted molar refractivity (Wildman–Crippen MR) is 165 cm³/mol. The number of aryl methyl sites for hydroxylation is 1. The van der Waals surface area contributed by atoms with Crippen LogP contribution >= 0.6 is 0 Å². The van der Waals surface area contributed by atoms with Crippen LogP contribution in [-0.2, 0) is 23.7 Å². The molecule has 5 rings (SSSR count). The number of nitrogens with one attached hydrogen (secondary N) is 1. The van der Waals surface area contributed by atoms with E-state index in [1.165, 1.54) is 34.9 Å². The molecule has 2 aliphatic heterocycles. The topological polar surface area (TPSA) is 82.1 Å². The van der Waals surface area contributed by atoms with Gasteiger partial charge in [0.2, 0.25) is 0 Å². The lowest BCUT2D eigenvalue weighted by Gasteiger charge is -2.49. The van der Waals surface area contributed by atoms with Gasteiger partial charge in [-0.05, 0) is 91.1 Å². The van der Waals surface area contributed by atoms with Gasteiger partial charge in [-0.3, -0.25) is 4.90 Å². The quantitative estimate of drug-likeness (QED) is 0.254. The van der Waals surface area contributed by atoms with Gasteiger partial charge in [-0.25, -0.2) is 14.0 Å². The Balaban J connectivity index is 1.37. The molecule has 1 spiro atoms. The van der Waals surface area contributed by atoms with Gasteiger partial charge in [0.1, 0.15) is 18.7 Å². The minimum Gasteiger partial charge on any atom is -0.444 e. The van der Waals surface area contributed by atoms with E-state index >= 15 is 0 Å². The van der Waals surface area contributed by atoms with Gasteiger partial charge in [-0.1, -0.05) is 43.3 Å². The van der Waals surface area contributed by atoms with Gasteiger partial charge >= 0.3 is 24.5 Å². The molecule has 7 nitrogen and oxygen atoms in total. The summed E-state index contributed by atoms with van der Waals surface area (Å²) >= 11 is 0. The molecule has 49 heavy (non-hydrogen) atoms. The second-order valence-corrected chi connectivity index (χ2v) is 12.7. The molecule has 2 aliphatic rings. The fourth-order valence-electron chi connectivity index (χ4n) is 6.83. The number of aliphatic hydroxyl groups is 1. The Kier molecular flexibility index (Phi) is 10.2. The molecule has 0 bridgehead atoms. The maximum absolute atomic E-state index is 14.1. The number of nitrogens with zero attached hydrogens (tertiary/aromatic N) is 2. The summed E-state index contributed by atoms with van der Waals surface area (Å²) in [6.07, 6.45) is -10.8. The highest BCUT2D eigenvalue weighted by Crippen LogP contribution is 2.48. The number of urea groups is 1. The first-order valence-electron chi connectivity index (χ1n) is 15.8. The number of rotatable bonds is 6. The summed E-state index contributed by atoms with van der Waals surface area (Å²) in [6, 6.07) is 13.0. The predicted octanol–water partition coefficient (Wildman–Crippen LogP) is 8.31. The summed E-state index contributed by atoms with van der Waals surface area (Å²) < 4.78 is 100. The Hall–Kier alpha value is -4.33. The van der Waals surface area contributed by atoms with Crippen molar-refractivity contribution in [2.75, 3.05) is 13.1 Å². The first-order chi connectivity index (χ1) is 23.0. The number of aliphatic hydroxyl groups excluding tert-OH is 1. The number of piperidine rings is 1. The zero-order valence-corrected chi connectivity index (χ0v) is 26.7. The van der Waals surface area contributed by atoms with Crippen molar-refractivity contribution in [3.63, 3.8) is 0 Å². The van der Waals surface area contributed by atoms with Gasteiger partial charge in [0.25, 0.3) is 0 Å². The number of alkyl halides is 6. The molecular weight excluding hydrogens is 659 g/mol. The van der Waals surface area contributed by atoms with E-state index in [1.807, 2.05) is 6.07 Å². The molecule has 0 saturated carbocycles. The van der Waals surface area contributed by atoms with E-state index in [2.05, 4.69) is 5.32 Å². The lowest BCUT2D eigenvalue weighted by Crippen LogP contribution is -2.59. The molecule has 3 amide bonds. The van der Waals surface area contributed by atoms with Crippen molar-refractivity contribution in [1.29, 1.82) is 0 Å². The van der Waals surface area contributed by atoms with Gasteiger partial charge in [-0.15, -0.1) is 0 Å². The van der Waals surface area contributed by atoms with Gasteiger partial charge in [0.15, 0.2) is 0 Å². The maximum atomic E-state index is 14.1. The molecule has 0 aliphatic carbocycles. The summed E-state index contributed by atoms with van der Waals surface area (Å²) in [6.45, 7) is 2.83. The van der Waals surface area contributed by atoms with Crippen molar-refractivity contribution < 1.29 is 50.2 Å². The standard InChI is InChI=1S/C35H36F7N3O4/c1-21-14-27(36)8-9-28(21)29-18-33(11-10-30(46)45(33)32(48)49-20-23-6-4-3-5-7-23)12-13-44(29)31(47)43-19-22(2)24-15-25(34(37,38)39)17-26(16-24)35(40,41)42/h3-9,14-17,22,29-30,46H,10-13,18-20H2,1-2H3,(H,43,47)/t22-,29+,30?,33-/m0/s1. The summed E-state index contributed by atoms with van der Waals surface area (Å²) in [7, 11) is 0. The normalized spacial score (nSPS) is 21.9. The number of carbonyl (C=O) groups is 2. The Labute approximate surface area is 278 Å². The van der Waals surface area contributed by atoms with Crippen molar-refractivity contribution in [2.45, 2.75) is 82.2 Å². The fraction of sp³-hybridized carbons (Fsp3) is 0.429. The molecule has 2 heterocycles. The lowest BCUT2D eigenvalue weighted by atomic mass is 9.78. The van der Waals surface area contributed by atoms with Gasteiger partial charge in [0, 0.05) is 13.1 Å². The third-order valence-electron chi connectivity index (χ3n) is 9.44. The molecule has 3 aromatic carbocycles. The first-order valence-corrected chi connectivity index (χ1v) is 15.8.